The second-order valence-corrected chi connectivity index (χ2v) is 4.54. The van der Waals surface area contributed by atoms with Crippen LogP contribution in [0.1, 0.15) is 32.4 Å². The number of hydrogen-bond donors (Lipinski definition) is 1. The van der Waals surface area contributed by atoms with Crippen molar-refractivity contribution in [1.82, 2.24) is 0 Å². The van der Waals surface area contributed by atoms with Crippen LogP contribution < -0.4 is 0 Å². The molecule has 0 saturated heterocycles. The van der Waals surface area contributed by atoms with Crippen LogP contribution in [0.3, 0.4) is 0 Å². The lowest BCUT2D eigenvalue weighted by Crippen LogP contribution is -2.14. The number of aliphatic hydroxyl groups excluding tert-OH is 1. The topological polar surface area (TPSA) is 20.2 Å². The third kappa shape index (κ3) is 2.73. The summed E-state index contributed by atoms with van der Waals surface area (Å²) < 4.78 is 0. The van der Waals surface area contributed by atoms with Gasteiger partial charge >= 0.3 is 0 Å². The van der Waals surface area contributed by atoms with Crippen LogP contribution in [-0.4, -0.2) is 5.11 Å². The first-order valence-electron chi connectivity index (χ1n) is 4.96. The molecule has 78 valence electrons. The van der Waals surface area contributed by atoms with Crippen molar-refractivity contribution in [3.8, 4) is 0 Å². The molecule has 0 radical (unpaired) electrons. The first-order valence-corrected chi connectivity index (χ1v) is 5.33. The fourth-order valence-corrected chi connectivity index (χ4v) is 1.56. The van der Waals surface area contributed by atoms with Crippen LogP contribution in [-0.2, 0) is 0 Å². The molecule has 1 N–H and O–H groups in total. The summed E-state index contributed by atoms with van der Waals surface area (Å²) in [6, 6.07) is 7.42. The Labute approximate surface area is 90.7 Å². The molecule has 0 amide bonds. The van der Waals surface area contributed by atoms with Crippen molar-refractivity contribution in [2.24, 2.45) is 11.8 Å². The molecular formula is C12H17ClO. The second kappa shape index (κ2) is 4.81. The summed E-state index contributed by atoms with van der Waals surface area (Å²) in [4.78, 5) is 0. The van der Waals surface area contributed by atoms with Gasteiger partial charge in [0.25, 0.3) is 0 Å². The van der Waals surface area contributed by atoms with Crippen LogP contribution in [0, 0.1) is 11.8 Å². The molecule has 1 aromatic rings. The van der Waals surface area contributed by atoms with Crippen molar-refractivity contribution in [3.05, 3.63) is 34.9 Å². The standard InChI is InChI=1S/C12H17ClO/c1-8(2)9(3)12(14)10-5-4-6-11(13)7-10/h4-9,12,14H,1-3H3. The summed E-state index contributed by atoms with van der Waals surface area (Å²) in [6.45, 7) is 6.27. The smallest absolute Gasteiger partial charge is 0.0818 e. The molecule has 0 aliphatic heterocycles. The van der Waals surface area contributed by atoms with E-state index in [2.05, 4.69) is 20.8 Å². The Bertz CT molecular complexity index is 296. The van der Waals surface area contributed by atoms with Crippen LogP contribution in [0.25, 0.3) is 0 Å². The molecule has 0 aliphatic rings. The van der Waals surface area contributed by atoms with Gasteiger partial charge in [0.05, 0.1) is 6.10 Å². The van der Waals surface area contributed by atoms with E-state index >= 15 is 0 Å². The Morgan fingerprint density at radius 1 is 1.21 bits per heavy atom. The maximum atomic E-state index is 10.0. The highest BCUT2D eigenvalue weighted by molar-refractivity contribution is 6.30. The quantitative estimate of drug-likeness (QED) is 0.811. The Morgan fingerprint density at radius 3 is 2.36 bits per heavy atom. The molecule has 14 heavy (non-hydrogen) atoms. The fourth-order valence-electron chi connectivity index (χ4n) is 1.36. The molecule has 0 saturated carbocycles. The van der Waals surface area contributed by atoms with Gasteiger partial charge in [0.1, 0.15) is 0 Å². The van der Waals surface area contributed by atoms with E-state index < -0.39 is 6.10 Å². The Hall–Kier alpha value is -0.530. The van der Waals surface area contributed by atoms with Gasteiger partial charge in [-0.2, -0.15) is 0 Å². The van der Waals surface area contributed by atoms with E-state index in [0.717, 1.165) is 5.56 Å². The van der Waals surface area contributed by atoms with Gasteiger partial charge in [-0.1, -0.05) is 44.5 Å². The fraction of sp³-hybridized carbons (Fsp3) is 0.500. The molecule has 0 bridgehead atoms. The number of aliphatic hydroxyl groups is 1. The van der Waals surface area contributed by atoms with Crippen molar-refractivity contribution in [3.63, 3.8) is 0 Å². The lowest BCUT2D eigenvalue weighted by molar-refractivity contribution is 0.0921. The Morgan fingerprint density at radius 2 is 1.86 bits per heavy atom. The Kier molecular flexibility index (Phi) is 3.97. The molecule has 1 aromatic carbocycles. The van der Waals surface area contributed by atoms with Crippen LogP contribution in [0.4, 0.5) is 0 Å². The van der Waals surface area contributed by atoms with Gasteiger partial charge in [-0.25, -0.2) is 0 Å². The van der Waals surface area contributed by atoms with E-state index in [4.69, 9.17) is 11.6 Å². The van der Waals surface area contributed by atoms with E-state index in [0.29, 0.717) is 10.9 Å². The first kappa shape index (κ1) is 11.5. The van der Waals surface area contributed by atoms with Crippen molar-refractivity contribution in [2.75, 3.05) is 0 Å². The van der Waals surface area contributed by atoms with Crippen LogP contribution in [0.2, 0.25) is 5.02 Å². The highest BCUT2D eigenvalue weighted by Gasteiger charge is 2.19. The molecule has 1 rings (SSSR count). The van der Waals surface area contributed by atoms with Crippen molar-refractivity contribution >= 4 is 11.6 Å². The van der Waals surface area contributed by atoms with E-state index in [1.54, 1.807) is 0 Å². The summed E-state index contributed by atoms with van der Waals surface area (Å²) >= 11 is 5.86. The number of hydrogen-bond acceptors (Lipinski definition) is 1. The summed E-state index contributed by atoms with van der Waals surface area (Å²) in [5.41, 5.74) is 0.902. The van der Waals surface area contributed by atoms with Gasteiger partial charge in [-0.3, -0.25) is 0 Å². The maximum Gasteiger partial charge on any atom is 0.0818 e. The predicted octanol–water partition coefficient (Wildman–Crippen LogP) is 3.67. The average molecular weight is 213 g/mol. The summed E-state index contributed by atoms with van der Waals surface area (Å²) in [6.07, 6.45) is -0.423. The molecule has 2 heteroatoms. The minimum atomic E-state index is -0.423. The van der Waals surface area contributed by atoms with Gasteiger partial charge in [-0.15, -0.1) is 0 Å². The van der Waals surface area contributed by atoms with E-state index in [-0.39, 0.29) is 5.92 Å². The highest BCUT2D eigenvalue weighted by atomic mass is 35.5. The zero-order valence-corrected chi connectivity index (χ0v) is 9.62. The van der Waals surface area contributed by atoms with Gasteiger partial charge < -0.3 is 5.11 Å². The average Bonchev–Trinajstić information content (AvgIpc) is 2.15. The SMILES string of the molecule is CC(C)C(C)C(O)c1cccc(Cl)c1. The summed E-state index contributed by atoms with van der Waals surface area (Å²) in [5.74, 6) is 0.706. The molecule has 0 aliphatic carbocycles. The lowest BCUT2D eigenvalue weighted by atomic mass is 9.88. The van der Waals surface area contributed by atoms with Crippen LogP contribution >= 0.6 is 11.6 Å². The third-order valence-electron chi connectivity index (χ3n) is 2.74. The number of benzene rings is 1. The van der Waals surface area contributed by atoms with E-state index in [9.17, 15) is 5.11 Å². The predicted molar refractivity (Wildman–Crippen MR) is 60.4 cm³/mol. The van der Waals surface area contributed by atoms with Gasteiger partial charge in [0.15, 0.2) is 0 Å². The molecule has 1 nitrogen and oxygen atoms in total. The van der Waals surface area contributed by atoms with Crippen molar-refractivity contribution in [2.45, 2.75) is 26.9 Å². The molecule has 0 heterocycles. The van der Waals surface area contributed by atoms with E-state index in [1.165, 1.54) is 0 Å². The summed E-state index contributed by atoms with van der Waals surface area (Å²) in [7, 11) is 0. The van der Waals surface area contributed by atoms with E-state index in [1.807, 2.05) is 24.3 Å². The lowest BCUT2D eigenvalue weighted by Gasteiger charge is -2.22. The molecule has 0 spiro atoms. The molecule has 2 atom stereocenters. The normalized spacial score (nSPS) is 15.6. The second-order valence-electron chi connectivity index (χ2n) is 4.10. The zero-order chi connectivity index (χ0) is 10.7. The Balaban J connectivity index is 2.83. The number of halogens is 1. The van der Waals surface area contributed by atoms with Crippen molar-refractivity contribution < 1.29 is 5.11 Å². The monoisotopic (exact) mass is 212 g/mol. The number of rotatable bonds is 3. The maximum absolute atomic E-state index is 10.0. The van der Waals surface area contributed by atoms with Crippen LogP contribution in [0.15, 0.2) is 24.3 Å². The zero-order valence-electron chi connectivity index (χ0n) is 8.87. The highest BCUT2D eigenvalue weighted by Crippen LogP contribution is 2.28. The van der Waals surface area contributed by atoms with Gasteiger partial charge in [0, 0.05) is 5.02 Å². The van der Waals surface area contributed by atoms with Crippen LogP contribution in [0.5, 0.6) is 0 Å². The van der Waals surface area contributed by atoms with Gasteiger partial charge in [-0.05, 0) is 29.5 Å². The minimum Gasteiger partial charge on any atom is -0.388 e. The van der Waals surface area contributed by atoms with Gasteiger partial charge in [0.2, 0.25) is 0 Å². The third-order valence-corrected chi connectivity index (χ3v) is 2.97. The summed E-state index contributed by atoms with van der Waals surface area (Å²) in [5, 5.41) is 10.7. The first-order chi connectivity index (χ1) is 6.52. The molecule has 2 unspecified atom stereocenters. The molecular weight excluding hydrogens is 196 g/mol. The van der Waals surface area contributed by atoms with Crippen molar-refractivity contribution in [1.29, 1.82) is 0 Å². The largest absolute Gasteiger partial charge is 0.388 e. The molecule has 0 fully saturated rings. The minimum absolute atomic E-state index is 0.244. The molecule has 0 aromatic heterocycles.